The van der Waals surface area contributed by atoms with E-state index in [1.807, 2.05) is 6.92 Å². The normalized spacial score (nSPS) is 10.8. The summed E-state index contributed by atoms with van der Waals surface area (Å²) in [5.41, 5.74) is 4.53. The van der Waals surface area contributed by atoms with Gasteiger partial charge in [0.05, 0.1) is 15.2 Å². The highest BCUT2D eigenvalue weighted by atomic mass is 79.9. The highest BCUT2D eigenvalue weighted by molar-refractivity contribution is 9.11. The second kappa shape index (κ2) is 9.87. The fourth-order valence-corrected chi connectivity index (χ4v) is 3.55. The van der Waals surface area contributed by atoms with E-state index in [1.165, 1.54) is 6.21 Å². The lowest BCUT2D eigenvalue weighted by molar-refractivity contribution is -0.124. The van der Waals surface area contributed by atoms with Gasteiger partial charge < -0.3 is 10.4 Å². The summed E-state index contributed by atoms with van der Waals surface area (Å²) in [5.74, 6) is -0.574. The van der Waals surface area contributed by atoms with Crippen LogP contribution in [0.1, 0.15) is 24.0 Å². The summed E-state index contributed by atoms with van der Waals surface area (Å²) < 4.78 is 0.998. The molecule has 9 heteroatoms. The van der Waals surface area contributed by atoms with E-state index in [4.69, 9.17) is 11.6 Å². The average Bonchev–Trinajstić information content (AvgIpc) is 2.60. The predicted molar refractivity (Wildman–Crippen MR) is 113 cm³/mol. The quantitative estimate of drug-likeness (QED) is 0.382. The summed E-state index contributed by atoms with van der Waals surface area (Å²) in [6.07, 6.45) is 1.46. The molecule has 2 rings (SSSR count). The molecule has 0 radical (unpaired) electrons. The van der Waals surface area contributed by atoms with Crippen molar-refractivity contribution in [1.29, 1.82) is 0 Å². The van der Waals surface area contributed by atoms with Crippen molar-refractivity contribution in [2.45, 2.75) is 19.8 Å². The molecular weight excluding hydrogens is 501 g/mol. The minimum atomic E-state index is -0.383. The van der Waals surface area contributed by atoms with Gasteiger partial charge in [-0.05, 0) is 80.2 Å². The number of phenols is 1. The highest BCUT2D eigenvalue weighted by Crippen LogP contribution is 2.32. The van der Waals surface area contributed by atoms with E-state index in [0.29, 0.717) is 25.2 Å². The van der Waals surface area contributed by atoms with E-state index >= 15 is 0 Å². The third kappa shape index (κ3) is 6.64. The molecule has 142 valence electrons. The maximum Gasteiger partial charge on any atom is 0.240 e. The molecule has 0 aliphatic carbocycles. The van der Waals surface area contributed by atoms with Gasteiger partial charge >= 0.3 is 0 Å². The zero-order chi connectivity index (χ0) is 20.0. The number of hydrogen-bond acceptors (Lipinski definition) is 4. The number of nitrogens with zero attached hydrogens (tertiary/aromatic N) is 1. The second-order valence-electron chi connectivity index (χ2n) is 5.63. The predicted octanol–water partition coefficient (Wildman–Crippen LogP) is 4.75. The lowest BCUT2D eigenvalue weighted by Gasteiger charge is -2.08. The first-order valence-corrected chi connectivity index (χ1v) is 9.78. The first-order valence-electron chi connectivity index (χ1n) is 7.82. The molecule has 2 aromatic rings. The Labute approximate surface area is 178 Å². The Morgan fingerprint density at radius 1 is 1.15 bits per heavy atom. The largest absolute Gasteiger partial charge is 0.506 e. The maximum absolute atomic E-state index is 12.0. The van der Waals surface area contributed by atoms with Crippen LogP contribution in [-0.4, -0.2) is 23.1 Å². The smallest absolute Gasteiger partial charge is 0.240 e. The van der Waals surface area contributed by atoms with Gasteiger partial charge in [0.1, 0.15) is 5.75 Å². The number of halogens is 3. The molecule has 0 saturated carbocycles. The molecule has 0 heterocycles. The van der Waals surface area contributed by atoms with E-state index in [1.54, 1.807) is 30.3 Å². The Morgan fingerprint density at radius 2 is 1.78 bits per heavy atom. The second-order valence-corrected chi connectivity index (χ2v) is 7.78. The Morgan fingerprint density at radius 3 is 2.41 bits per heavy atom. The van der Waals surface area contributed by atoms with E-state index in [9.17, 15) is 14.7 Å². The van der Waals surface area contributed by atoms with Crippen molar-refractivity contribution < 1.29 is 14.7 Å². The third-order valence-electron chi connectivity index (χ3n) is 3.48. The topological polar surface area (TPSA) is 90.8 Å². The summed E-state index contributed by atoms with van der Waals surface area (Å²) in [5, 5.41) is 16.8. The molecular formula is C18H16Br2ClN3O3. The first-order chi connectivity index (χ1) is 12.8. The fourth-order valence-electron chi connectivity index (χ4n) is 2.10. The average molecular weight is 518 g/mol. The first kappa shape index (κ1) is 21.4. The Balaban J connectivity index is 1.81. The van der Waals surface area contributed by atoms with Gasteiger partial charge in [0, 0.05) is 23.6 Å². The number of carbonyl (C=O) groups is 2. The van der Waals surface area contributed by atoms with Gasteiger partial charge in [0.25, 0.3) is 0 Å². The van der Waals surface area contributed by atoms with E-state index in [2.05, 4.69) is 47.7 Å². The van der Waals surface area contributed by atoms with Crippen LogP contribution in [-0.2, 0) is 9.59 Å². The number of phenolic OH excluding ortho intramolecular Hbond substituents is 1. The number of anilines is 1. The lowest BCUT2D eigenvalue weighted by Crippen LogP contribution is -2.20. The van der Waals surface area contributed by atoms with Gasteiger partial charge in [-0.1, -0.05) is 11.6 Å². The Kier molecular flexibility index (Phi) is 7.82. The molecule has 0 aliphatic rings. The molecule has 0 aliphatic heterocycles. The molecule has 2 amide bonds. The van der Waals surface area contributed by atoms with Crippen molar-refractivity contribution in [2.75, 3.05) is 5.32 Å². The number of hydrogen-bond donors (Lipinski definition) is 3. The number of rotatable bonds is 6. The summed E-state index contributed by atoms with van der Waals surface area (Å²) in [6, 6.07) is 8.45. The van der Waals surface area contributed by atoms with E-state index in [-0.39, 0.29) is 30.4 Å². The van der Waals surface area contributed by atoms with Crippen LogP contribution in [0.3, 0.4) is 0 Å². The number of nitrogens with one attached hydrogen (secondary N) is 2. The fraction of sp³-hybridized carbons (Fsp3) is 0.167. The summed E-state index contributed by atoms with van der Waals surface area (Å²) in [4.78, 5) is 23.8. The number of hydrazone groups is 1. The molecule has 0 fully saturated rings. The molecule has 0 spiro atoms. The number of amides is 2. The van der Waals surface area contributed by atoms with Crippen LogP contribution in [0.2, 0.25) is 5.02 Å². The van der Waals surface area contributed by atoms with E-state index < -0.39 is 0 Å². The maximum atomic E-state index is 12.0. The van der Waals surface area contributed by atoms with Crippen molar-refractivity contribution in [3.8, 4) is 5.75 Å². The third-order valence-corrected chi connectivity index (χ3v) is 4.93. The number of carbonyl (C=O) groups excluding carboxylic acids is 2. The number of benzene rings is 2. The molecule has 2 aromatic carbocycles. The summed E-state index contributed by atoms with van der Waals surface area (Å²) >= 11 is 12.3. The van der Waals surface area contributed by atoms with Crippen LogP contribution >= 0.6 is 43.5 Å². The summed E-state index contributed by atoms with van der Waals surface area (Å²) in [7, 11) is 0. The molecule has 0 unspecified atom stereocenters. The molecule has 0 bridgehead atoms. The number of aryl methyl sites for hydroxylation is 1. The zero-order valence-electron chi connectivity index (χ0n) is 14.2. The Hall–Kier alpha value is -1.90. The highest BCUT2D eigenvalue weighted by Gasteiger charge is 2.09. The van der Waals surface area contributed by atoms with Gasteiger partial charge in [0.15, 0.2) is 0 Å². The van der Waals surface area contributed by atoms with Crippen LogP contribution < -0.4 is 10.7 Å². The van der Waals surface area contributed by atoms with Crippen LogP contribution in [0.4, 0.5) is 5.69 Å². The minimum absolute atomic E-state index is 0.00121. The monoisotopic (exact) mass is 515 g/mol. The molecule has 3 N–H and O–H groups in total. The van der Waals surface area contributed by atoms with Gasteiger partial charge in [-0.15, -0.1) is 0 Å². The molecule has 0 aromatic heterocycles. The molecule has 27 heavy (non-hydrogen) atoms. The SMILES string of the molecule is Cc1cc(Cl)ccc1NC(=O)CCC(=O)N/N=C/c1cc(Br)c(O)c(Br)c1. The molecule has 6 nitrogen and oxygen atoms in total. The molecule has 0 atom stereocenters. The number of aromatic hydroxyl groups is 1. The Bertz CT molecular complexity index is 880. The van der Waals surface area contributed by atoms with Crippen molar-refractivity contribution >= 4 is 67.2 Å². The minimum Gasteiger partial charge on any atom is -0.506 e. The lowest BCUT2D eigenvalue weighted by atomic mass is 10.2. The summed E-state index contributed by atoms with van der Waals surface area (Å²) in [6.45, 7) is 1.84. The van der Waals surface area contributed by atoms with Gasteiger partial charge in [0.2, 0.25) is 11.8 Å². The van der Waals surface area contributed by atoms with Crippen molar-refractivity contribution in [1.82, 2.24) is 5.43 Å². The van der Waals surface area contributed by atoms with Crippen LogP contribution in [0.25, 0.3) is 0 Å². The van der Waals surface area contributed by atoms with Crippen molar-refractivity contribution in [2.24, 2.45) is 5.10 Å². The van der Waals surface area contributed by atoms with Crippen molar-refractivity contribution in [3.05, 3.63) is 55.4 Å². The van der Waals surface area contributed by atoms with Gasteiger partial charge in [-0.3, -0.25) is 9.59 Å². The molecule has 0 saturated heterocycles. The van der Waals surface area contributed by atoms with Gasteiger partial charge in [-0.25, -0.2) is 5.43 Å². The van der Waals surface area contributed by atoms with Crippen LogP contribution in [0.15, 0.2) is 44.4 Å². The van der Waals surface area contributed by atoms with Crippen LogP contribution in [0, 0.1) is 6.92 Å². The van der Waals surface area contributed by atoms with Crippen molar-refractivity contribution in [3.63, 3.8) is 0 Å². The van der Waals surface area contributed by atoms with Crippen LogP contribution in [0.5, 0.6) is 5.75 Å². The van der Waals surface area contributed by atoms with E-state index in [0.717, 1.165) is 5.56 Å². The standard InChI is InChI=1S/C18H16Br2ClN3O3/c1-10-6-12(21)2-3-15(10)23-16(25)4-5-17(26)24-22-9-11-7-13(19)18(27)14(20)8-11/h2-3,6-9,27H,4-5H2,1H3,(H,23,25)(H,24,26)/b22-9+. The zero-order valence-corrected chi connectivity index (χ0v) is 18.2. The van der Waals surface area contributed by atoms with Gasteiger partial charge in [-0.2, -0.15) is 5.10 Å².